The topological polar surface area (TPSA) is 29.4 Å². The Balaban J connectivity index is 2.55. The second kappa shape index (κ2) is 5.39. The van der Waals surface area contributed by atoms with E-state index in [2.05, 4.69) is 35.6 Å². The predicted octanol–water partition coefficient (Wildman–Crippen LogP) is 3.07. The van der Waals surface area contributed by atoms with E-state index in [4.69, 9.17) is 0 Å². The van der Waals surface area contributed by atoms with Gasteiger partial charge in [-0.1, -0.05) is 29.8 Å². The molecule has 3 heteroatoms. The number of hydrogen-bond donors (Lipinski definition) is 0. The smallest absolute Gasteiger partial charge is 0.144 e. The van der Waals surface area contributed by atoms with Gasteiger partial charge >= 0.3 is 0 Å². The summed E-state index contributed by atoms with van der Waals surface area (Å²) in [6, 6.07) is 8.29. The SMILES string of the molecule is Cc1ccc(CC=N[S@](=O)C(C)(C)C)cc1. The lowest BCUT2D eigenvalue weighted by Crippen LogP contribution is -2.19. The largest absolute Gasteiger partial charge is 0.234 e. The fourth-order valence-electron chi connectivity index (χ4n) is 1.09. The molecule has 16 heavy (non-hydrogen) atoms. The van der Waals surface area contributed by atoms with E-state index in [1.165, 1.54) is 11.1 Å². The number of hydrogen-bond acceptors (Lipinski definition) is 1. The molecule has 0 heterocycles. The van der Waals surface area contributed by atoms with Crippen molar-refractivity contribution in [2.24, 2.45) is 4.40 Å². The Morgan fingerprint density at radius 2 is 1.81 bits per heavy atom. The van der Waals surface area contributed by atoms with Crippen LogP contribution in [0, 0.1) is 6.92 Å². The van der Waals surface area contributed by atoms with Crippen molar-refractivity contribution in [3.63, 3.8) is 0 Å². The number of rotatable bonds is 3. The monoisotopic (exact) mass is 237 g/mol. The van der Waals surface area contributed by atoms with Crippen LogP contribution in [-0.2, 0) is 17.4 Å². The van der Waals surface area contributed by atoms with E-state index in [-0.39, 0.29) is 4.75 Å². The van der Waals surface area contributed by atoms with E-state index in [1.807, 2.05) is 20.8 Å². The van der Waals surface area contributed by atoms with Crippen LogP contribution in [-0.4, -0.2) is 15.2 Å². The Morgan fingerprint density at radius 1 is 1.25 bits per heavy atom. The lowest BCUT2D eigenvalue weighted by atomic mass is 10.1. The molecule has 0 aliphatic carbocycles. The minimum Gasteiger partial charge on any atom is -0.234 e. The normalized spacial score (nSPS) is 14.2. The van der Waals surface area contributed by atoms with Crippen molar-refractivity contribution >= 4 is 17.2 Å². The summed E-state index contributed by atoms with van der Waals surface area (Å²) in [6.45, 7) is 7.83. The molecule has 1 aromatic carbocycles. The molecular weight excluding hydrogens is 218 g/mol. The molecule has 0 saturated carbocycles. The number of aryl methyl sites for hydroxylation is 1. The highest BCUT2D eigenvalue weighted by Crippen LogP contribution is 2.11. The lowest BCUT2D eigenvalue weighted by Gasteiger charge is -2.12. The van der Waals surface area contributed by atoms with Crippen LogP contribution < -0.4 is 0 Å². The van der Waals surface area contributed by atoms with Crippen LogP contribution in [0.3, 0.4) is 0 Å². The molecule has 88 valence electrons. The summed E-state index contributed by atoms with van der Waals surface area (Å²) in [7, 11) is -1.15. The molecule has 0 radical (unpaired) electrons. The van der Waals surface area contributed by atoms with Crippen molar-refractivity contribution in [3.8, 4) is 0 Å². The summed E-state index contributed by atoms with van der Waals surface area (Å²) in [5, 5.41) is 0. The maximum atomic E-state index is 11.6. The predicted molar refractivity (Wildman–Crippen MR) is 71.3 cm³/mol. The van der Waals surface area contributed by atoms with Crippen LogP contribution in [0.25, 0.3) is 0 Å². The van der Waals surface area contributed by atoms with Crippen LogP contribution >= 0.6 is 0 Å². The van der Waals surface area contributed by atoms with Crippen molar-refractivity contribution in [2.45, 2.75) is 38.9 Å². The van der Waals surface area contributed by atoms with Gasteiger partial charge in [-0.05, 0) is 33.3 Å². The molecule has 1 atom stereocenters. The van der Waals surface area contributed by atoms with Gasteiger partial charge in [-0.3, -0.25) is 0 Å². The molecule has 0 N–H and O–H groups in total. The van der Waals surface area contributed by atoms with E-state index < -0.39 is 11.0 Å². The third-order valence-electron chi connectivity index (χ3n) is 2.14. The van der Waals surface area contributed by atoms with Crippen molar-refractivity contribution in [3.05, 3.63) is 35.4 Å². The summed E-state index contributed by atoms with van der Waals surface area (Å²) in [4.78, 5) is 0. The molecule has 0 amide bonds. The maximum Gasteiger partial charge on any atom is 0.144 e. The van der Waals surface area contributed by atoms with E-state index in [1.54, 1.807) is 6.21 Å². The second-order valence-corrected chi connectivity index (χ2v) is 6.77. The third kappa shape index (κ3) is 4.27. The van der Waals surface area contributed by atoms with Crippen LogP contribution in [0.4, 0.5) is 0 Å². The van der Waals surface area contributed by atoms with Crippen molar-refractivity contribution in [1.29, 1.82) is 0 Å². The van der Waals surface area contributed by atoms with Crippen LogP contribution in [0.5, 0.6) is 0 Å². The van der Waals surface area contributed by atoms with Gasteiger partial charge in [0.15, 0.2) is 0 Å². The molecule has 0 saturated heterocycles. The van der Waals surface area contributed by atoms with Crippen molar-refractivity contribution in [1.82, 2.24) is 0 Å². The first kappa shape index (κ1) is 13.1. The van der Waals surface area contributed by atoms with Gasteiger partial charge in [-0.15, -0.1) is 0 Å². The summed E-state index contributed by atoms with van der Waals surface area (Å²) >= 11 is 0. The first-order chi connectivity index (χ1) is 7.39. The van der Waals surface area contributed by atoms with Gasteiger partial charge in [0.2, 0.25) is 0 Å². The number of nitrogens with zero attached hydrogens (tertiary/aromatic N) is 1. The molecule has 1 aromatic rings. The van der Waals surface area contributed by atoms with Crippen LogP contribution in [0.15, 0.2) is 28.7 Å². The zero-order chi connectivity index (χ0) is 12.2. The molecule has 0 unspecified atom stereocenters. The quantitative estimate of drug-likeness (QED) is 0.743. The van der Waals surface area contributed by atoms with Gasteiger partial charge in [-0.2, -0.15) is 4.40 Å². The summed E-state index contributed by atoms with van der Waals surface area (Å²) < 4.78 is 15.4. The molecule has 0 fully saturated rings. The van der Waals surface area contributed by atoms with Gasteiger partial charge in [-0.25, -0.2) is 4.21 Å². The molecule has 0 aliphatic heterocycles. The van der Waals surface area contributed by atoms with Crippen LogP contribution in [0.1, 0.15) is 31.9 Å². The molecular formula is C13H19NOS. The van der Waals surface area contributed by atoms with E-state index in [0.29, 0.717) is 0 Å². The second-order valence-electron chi connectivity index (χ2n) is 4.84. The summed E-state index contributed by atoms with van der Waals surface area (Å²) in [5.74, 6) is 0. The van der Waals surface area contributed by atoms with Crippen LogP contribution in [0.2, 0.25) is 0 Å². The molecule has 0 aromatic heterocycles. The third-order valence-corrected chi connectivity index (χ3v) is 3.53. The first-order valence-corrected chi connectivity index (χ1v) is 6.50. The van der Waals surface area contributed by atoms with Gasteiger partial charge in [0.1, 0.15) is 11.0 Å². The van der Waals surface area contributed by atoms with E-state index in [9.17, 15) is 4.21 Å². The Hall–Kier alpha value is -0.960. The fourth-order valence-corrected chi connectivity index (χ4v) is 1.62. The van der Waals surface area contributed by atoms with Gasteiger partial charge in [0.25, 0.3) is 0 Å². The minimum atomic E-state index is -1.15. The fraction of sp³-hybridized carbons (Fsp3) is 0.462. The van der Waals surface area contributed by atoms with Crippen molar-refractivity contribution < 1.29 is 4.21 Å². The zero-order valence-corrected chi connectivity index (χ0v) is 11.2. The average molecular weight is 237 g/mol. The Morgan fingerprint density at radius 3 is 2.31 bits per heavy atom. The Kier molecular flexibility index (Phi) is 4.42. The number of benzene rings is 1. The van der Waals surface area contributed by atoms with Gasteiger partial charge in [0, 0.05) is 12.6 Å². The van der Waals surface area contributed by atoms with Gasteiger partial charge < -0.3 is 0 Å². The molecule has 0 bridgehead atoms. The average Bonchev–Trinajstić information content (AvgIpc) is 2.19. The highest BCUT2D eigenvalue weighted by Gasteiger charge is 2.17. The molecule has 1 rings (SSSR count). The van der Waals surface area contributed by atoms with E-state index >= 15 is 0 Å². The molecule has 0 aliphatic rings. The molecule has 2 nitrogen and oxygen atoms in total. The van der Waals surface area contributed by atoms with E-state index in [0.717, 1.165) is 6.42 Å². The standard InChI is InChI=1S/C13H19NOS/c1-11-5-7-12(8-6-11)9-10-14-16(15)13(2,3)4/h5-8,10H,9H2,1-4H3/t16-/m1/s1. The van der Waals surface area contributed by atoms with Crippen molar-refractivity contribution in [2.75, 3.05) is 0 Å². The maximum absolute atomic E-state index is 11.6. The summed E-state index contributed by atoms with van der Waals surface area (Å²) in [6.07, 6.45) is 2.48. The first-order valence-electron chi connectivity index (χ1n) is 5.39. The zero-order valence-electron chi connectivity index (χ0n) is 10.4. The molecule has 0 spiro atoms. The minimum absolute atomic E-state index is 0.274. The van der Waals surface area contributed by atoms with Gasteiger partial charge in [0.05, 0.1) is 4.75 Å². The Labute approximate surface area is 100 Å². The lowest BCUT2D eigenvalue weighted by molar-refractivity contribution is 0.651. The summed E-state index contributed by atoms with van der Waals surface area (Å²) in [5.41, 5.74) is 2.44. The highest BCUT2D eigenvalue weighted by atomic mass is 32.2. The Bertz CT molecular complexity index is 387. The highest BCUT2D eigenvalue weighted by molar-refractivity contribution is 7.85.